The van der Waals surface area contributed by atoms with Crippen LogP contribution in [-0.4, -0.2) is 33.9 Å². The zero-order chi connectivity index (χ0) is 27.6. The molecule has 0 atom stereocenters. The minimum absolute atomic E-state index is 0.0265. The van der Waals surface area contributed by atoms with Crippen molar-refractivity contribution in [1.29, 1.82) is 0 Å². The molecule has 0 aliphatic heterocycles. The van der Waals surface area contributed by atoms with E-state index in [2.05, 4.69) is 60.7 Å². The Bertz CT molecular complexity index is 1430. The number of carbonyl (C=O) groups excluding carboxylic acids is 2. The molecule has 1 N–H and O–H groups in total. The fraction of sp³-hybridized carbons (Fsp3) is 0.312. The van der Waals surface area contributed by atoms with Crippen molar-refractivity contribution in [3.63, 3.8) is 0 Å². The standard InChI is InChI=1S/C32H35NO4Si/c1-20-23(16-17-38(5,6)7)21(2)31(22(3)28(20)18-30(34)36-4)33-32(35)37-19-29-26-14-10-8-12-24(26)25-13-9-11-15-27(25)29/h8-15,29H,18-19H2,1-7H3,(H,33,35). The molecule has 6 heteroatoms. The van der Waals surface area contributed by atoms with Gasteiger partial charge in [0, 0.05) is 11.5 Å². The van der Waals surface area contributed by atoms with E-state index in [1.807, 2.05) is 45.0 Å². The number of fused-ring (bicyclic) bond motifs is 3. The summed E-state index contributed by atoms with van der Waals surface area (Å²) >= 11 is 0. The average Bonchev–Trinajstić information content (AvgIpc) is 3.20. The second-order valence-corrected chi connectivity index (χ2v) is 15.6. The average molecular weight is 526 g/mol. The summed E-state index contributed by atoms with van der Waals surface area (Å²) in [5.74, 6) is 3.00. The molecule has 0 saturated carbocycles. The van der Waals surface area contributed by atoms with Crippen molar-refractivity contribution in [2.24, 2.45) is 0 Å². The van der Waals surface area contributed by atoms with E-state index in [9.17, 15) is 9.59 Å². The molecule has 0 heterocycles. The highest BCUT2D eigenvalue weighted by atomic mass is 28.3. The zero-order valence-electron chi connectivity index (χ0n) is 23.2. The third kappa shape index (κ3) is 5.53. The lowest BCUT2D eigenvalue weighted by atomic mass is 9.90. The molecular formula is C32H35NO4Si. The van der Waals surface area contributed by atoms with Gasteiger partial charge in [0.1, 0.15) is 14.7 Å². The van der Waals surface area contributed by atoms with Gasteiger partial charge in [-0.05, 0) is 65.3 Å². The normalized spacial score (nSPS) is 12.2. The van der Waals surface area contributed by atoms with Crippen LogP contribution in [0.4, 0.5) is 10.5 Å². The Balaban J connectivity index is 1.63. The van der Waals surface area contributed by atoms with Gasteiger partial charge >= 0.3 is 12.1 Å². The van der Waals surface area contributed by atoms with Gasteiger partial charge in [-0.25, -0.2) is 4.79 Å². The molecule has 1 amide bonds. The van der Waals surface area contributed by atoms with Crippen molar-refractivity contribution in [2.75, 3.05) is 19.0 Å². The van der Waals surface area contributed by atoms with Gasteiger partial charge in [0.2, 0.25) is 0 Å². The summed E-state index contributed by atoms with van der Waals surface area (Å²) < 4.78 is 10.8. The number of amides is 1. The third-order valence-corrected chi connectivity index (χ3v) is 7.96. The smallest absolute Gasteiger partial charge is 0.411 e. The molecule has 196 valence electrons. The van der Waals surface area contributed by atoms with Crippen LogP contribution in [0.2, 0.25) is 19.6 Å². The summed E-state index contributed by atoms with van der Waals surface area (Å²) in [6, 6.07) is 16.5. The summed E-state index contributed by atoms with van der Waals surface area (Å²) in [6.07, 6.45) is -0.426. The number of esters is 1. The number of anilines is 1. The lowest BCUT2D eigenvalue weighted by Gasteiger charge is -2.21. The van der Waals surface area contributed by atoms with Gasteiger partial charge in [0.15, 0.2) is 0 Å². The van der Waals surface area contributed by atoms with Crippen LogP contribution in [0, 0.1) is 32.2 Å². The molecule has 5 nitrogen and oxygen atoms in total. The van der Waals surface area contributed by atoms with Gasteiger partial charge in [-0.2, -0.15) is 0 Å². The predicted molar refractivity (Wildman–Crippen MR) is 155 cm³/mol. The molecule has 1 aliphatic carbocycles. The third-order valence-electron chi connectivity index (χ3n) is 7.09. The van der Waals surface area contributed by atoms with Crippen molar-refractivity contribution in [2.45, 2.75) is 52.8 Å². The van der Waals surface area contributed by atoms with Crippen LogP contribution >= 0.6 is 0 Å². The molecule has 1 aliphatic rings. The van der Waals surface area contributed by atoms with Crippen molar-refractivity contribution in [1.82, 2.24) is 0 Å². The first-order valence-electron chi connectivity index (χ1n) is 12.9. The summed E-state index contributed by atoms with van der Waals surface area (Å²) in [4.78, 5) is 25.4. The number of hydrogen-bond acceptors (Lipinski definition) is 4. The van der Waals surface area contributed by atoms with Gasteiger partial charge in [0.25, 0.3) is 0 Å². The van der Waals surface area contributed by atoms with E-state index in [-0.39, 0.29) is 24.9 Å². The maximum absolute atomic E-state index is 13.1. The number of rotatable bonds is 5. The van der Waals surface area contributed by atoms with E-state index in [4.69, 9.17) is 9.47 Å². The van der Waals surface area contributed by atoms with Crippen LogP contribution in [0.5, 0.6) is 0 Å². The van der Waals surface area contributed by atoms with Crippen LogP contribution in [0.15, 0.2) is 48.5 Å². The second kappa shape index (κ2) is 10.9. The number of ether oxygens (including phenoxy) is 2. The van der Waals surface area contributed by atoms with Gasteiger partial charge < -0.3 is 9.47 Å². The highest BCUT2D eigenvalue weighted by molar-refractivity contribution is 6.83. The number of methoxy groups -OCH3 is 1. The Hall–Kier alpha value is -3.82. The van der Waals surface area contributed by atoms with E-state index >= 15 is 0 Å². The maximum atomic E-state index is 13.1. The zero-order valence-corrected chi connectivity index (χ0v) is 24.2. The Labute approximate surface area is 226 Å². The Morgan fingerprint density at radius 2 is 1.47 bits per heavy atom. The molecule has 3 aromatic rings. The summed E-state index contributed by atoms with van der Waals surface area (Å²) in [6.45, 7) is 12.6. The maximum Gasteiger partial charge on any atom is 0.411 e. The molecular weight excluding hydrogens is 490 g/mol. The van der Waals surface area contributed by atoms with E-state index in [0.29, 0.717) is 5.69 Å². The Morgan fingerprint density at radius 3 is 2.03 bits per heavy atom. The van der Waals surface area contributed by atoms with Crippen LogP contribution < -0.4 is 5.32 Å². The van der Waals surface area contributed by atoms with Gasteiger partial charge in [-0.15, -0.1) is 5.54 Å². The molecule has 38 heavy (non-hydrogen) atoms. The number of hydrogen-bond donors (Lipinski definition) is 1. The fourth-order valence-corrected chi connectivity index (χ4v) is 5.61. The van der Waals surface area contributed by atoms with E-state index < -0.39 is 14.2 Å². The van der Waals surface area contributed by atoms with Crippen molar-refractivity contribution < 1.29 is 19.1 Å². The molecule has 0 fully saturated rings. The minimum Gasteiger partial charge on any atom is -0.469 e. The van der Waals surface area contributed by atoms with Crippen LogP contribution in [-0.2, 0) is 20.7 Å². The molecule has 4 rings (SSSR count). The van der Waals surface area contributed by atoms with E-state index in [0.717, 1.165) is 38.9 Å². The first-order chi connectivity index (χ1) is 18.0. The fourth-order valence-electron chi connectivity index (χ4n) is 5.11. The van der Waals surface area contributed by atoms with Crippen molar-refractivity contribution >= 4 is 25.8 Å². The van der Waals surface area contributed by atoms with Crippen LogP contribution in [0.1, 0.15) is 44.9 Å². The Kier molecular flexibility index (Phi) is 7.80. The molecule has 0 radical (unpaired) electrons. The monoisotopic (exact) mass is 525 g/mol. The molecule has 0 aromatic heterocycles. The van der Waals surface area contributed by atoms with Gasteiger partial charge in [0.05, 0.1) is 19.2 Å². The summed E-state index contributed by atoms with van der Waals surface area (Å²) in [5.41, 5.74) is 13.0. The predicted octanol–water partition coefficient (Wildman–Crippen LogP) is 6.92. The molecule has 0 bridgehead atoms. The SMILES string of the molecule is COC(=O)Cc1c(C)c(C#C[Si](C)(C)C)c(C)c(NC(=O)OCC2c3ccccc3-c3ccccc32)c1C. The van der Waals surface area contributed by atoms with Gasteiger partial charge in [-0.1, -0.05) is 74.1 Å². The highest BCUT2D eigenvalue weighted by Crippen LogP contribution is 2.44. The van der Waals surface area contributed by atoms with Gasteiger partial charge in [-0.3, -0.25) is 10.1 Å². The lowest BCUT2D eigenvalue weighted by Crippen LogP contribution is -2.21. The first kappa shape index (κ1) is 27.2. The van der Waals surface area contributed by atoms with E-state index in [1.54, 1.807) is 0 Å². The molecule has 0 spiro atoms. The molecule has 0 saturated heterocycles. The topological polar surface area (TPSA) is 64.6 Å². The summed E-state index contributed by atoms with van der Waals surface area (Å²) in [7, 11) is -0.278. The van der Waals surface area contributed by atoms with Crippen LogP contribution in [0.3, 0.4) is 0 Å². The highest BCUT2D eigenvalue weighted by Gasteiger charge is 2.29. The summed E-state index contributed by atoms with van der Waals surface area (Å²) in [5, 5.41) is 2.98. The number of carbonyl (C=O) groups is 2. The van der Waals surface area contributed by atoms with Crippen molar-refractivity contribution in [3.05, 3.63) is 87.5 Å². The first-order valence-corrected chi connectivity index (χ1v) is 16.4. The quantitative estimate of drug-likeness (QED) is 0.223. The molecule has 3 aromatic carbocycles. The lowest BCUT2D eigenvalue weighted by molar-refractivity contribution is -0.139. The second-order valence-electron chi connectivity index (χ2n) is 10.8. The largest absolute Gasteiger partial charge is 0.469 e. The van der Waals surface area contributed by atoms with Crippen molar-refractivity contribution in [3.8, 4) is 22.6 Å². The number of nitrogens with one attached hydrogen (secondary N) is 1. The number of benzene rings is 3. The molecule has 0 unspecified atom stereocenters. The van der Waals surface area contributed by atoms with E-state index in [1.165, 1.54) is 18.2 Å². The van der Waals surface area contributed by atoms with Crippen LogP contribution in [0.25, 0.3) is 11.1 Å². The Morgan fingerprint density at radius 1 is 0.895 bits per heavy atom. The minimum atomic E-state index is -1.66.